The zero-order valence-corrected chi connectivity index (χ0v) is 19.7. The summed E-state index contributed by atoms with van der Waals surface area (Å²) >= 11 is 0. The highest BCUT2D eigenvalue weighted by Crippen LogP contribution is 2.27. The zero-order chi connectivity index (χ0) is 24.9. The Bertz CT molecular complexity index is 1580. The molecule has 0 N–H and O–H groups in total. The van der Waals surface area contributed by atoms with Gasteiger partial charge in [-0.2, -0.15) is 0 Å². The number of benzene rings is 4. The molecule has 6 nitrogen and oxygen atoms in total. The Morgan fingerprint density at radius 3 is 2.42 bits per heavy atom. The van der Waals surface area contributed by atoms with Gasteiger partial charge in [-0.15, -0.1) is 0 Å². The van der Waals surface area contributed by atoms with Gasteiger partial charge in [0, 0.05) is 12.5 Å². The van der Waals surface area contributed by atoms with Crippen LogP contribution in [0.1, 0.15) is 18.4 Å². The summed E-state index contributed by atoms with van der Waals surface area (Å²) in [6.07, 6.45) is 1.99. The molecular formula is C30H24O6. The Hall–Kier alpha value is -4.58. The monoisotopic (exact) mass is 480 g/mol. The average Bonchev–Trinajstić information content (AvgIpc) is 2.89. The van der Waals surface area contributed by atoms with E-state index in [1.807, 2.05) is 67.6 Å². The molecular weight excluding hydrogens is 456 g/mol. The van der Waals surface area contributed by atoms with E-state index in [-0.39, 0.29) is 23.6 Å². The summed E-state index contributed by atoms with van der Waals surface area (Å²) in [6.45, 7) is 2.42. The number of rotatable bonds is 8. The van der Waals surface area contributed by atoms with Crippen LogP contribution in [0.3, 0.4) is 0 Å². The van der Waals surface area contributed by atoms with E-state index < -0.39 is 0 Å². The highest BCUT2D eigenvalue weighted by atomic mass is 16.5. The number of carbonyl (C=O) groups is 1. The molecule has 6 heteroatoms. The lowest BCUT2D eigenvalue weighted by Crippen LogP contribution is -2.10. The van der Waals surface area contributed by atoms with E-state index in [4.69, 9.17) is 18.6 Å². The van der Waals surface area contributed by atoms with E-state index in [1.54, 1.807) is 18.2 Å². The molecule has 5 aromatic rings. The van der Waals surface area contributed by atoms with Crippen molar-refractivity contribution in [3.8, 4) is 23.0 Å². The summed E-state index contributed by atoms with van der Waals surface area (Å²) < 4.78 is 22.5. The quantitative estimate of drug-likeness (QED) is 0.138. The SMILES string of the molecule is Cc1ccc(OCCCC(=O)Oc2ccc3c(=O)c(Oc4ccc5ccccc5c4)coc3c2)cc1. The lowest BCUT2D eigenvalue weighted by Gasteiger charge is -2.08. The summed E-state index contributed by atoms with van der Waals surface area (Å²) in [5, 5.41) is 2.42. The van der Waals surface area contributed by atoms with Crippen molar-refractivity contribution in [2.24, 2.45) is 0 Å². The van der Waals surface area contributed by atoms with E-state index in [2.05, 4.69) is 0 Å². The minimum absolute atomic E-state index is 0.0797. The molecule has 0 unspecified atom stereocenters. The van der Waals surface area contributed by atoms with Crippen molar-refractivity contribution in [1.82, 2.24) is 0 Å². The Morgan fingerprint density at radius 2 is 1.58 bits per heavy atom. The summed E-state index contributed by atoms with van der Waals surface area (Å²) in [5.74, 6) is 1.30. The molecule has 1 heterocycles. The predicted octanol–water partition coefficient (Wildman–Crippen LogP) is 6.81. The van der Waals surface area contributed by atoms with E-state index >= 15 is 0 Å². The largest absolute Gasteiger partial charge is 0.494 e. The van der Waals surface area contributed by atoms with Gasteiger partial charge in [0.05, 0.1) is 12.0 Å². The second-order valence-corrected chi connectivity index (χ2v) is 8.44. The van der Waals surface area contributed by atoms with Gasteiger partial charge in [-0.3, -0.25) is 9.59 Å². The van der Waals surface area contributed by atoms with E-state index in [1.165, 1.54) is 12.3 Å². The van der Waals surface area contributed by atoms with Crippen LogP contribution in [0.2, 0.25) is 0 Å². The molecule has 5 rings (SSSR count). The van der Waals surface area contributed by atoms with E-state index in [0.29, 0.717) is 35.5 Å². The lowest BCUT2D eigenvalue weighted by atomic mass is 10.1. The first-order chi connectivity index (χ1) is 17.5. The summed E-state index contributed by atoms with van der Waals surface area (Å²) in [6, 6.07) is 25.9. The highest BCUT2D eigenvalue weighted by Gasteiger charge is 2.12. The predicted molar refractivity (Wildman–Crippen MR) is 138 cm³/mol. The van der Waals surface area contributed by atoms with Crippen molar-refractivity contribution in [2.75, 3.05) is 6.61 Å². The van der Waals surface area contributed by atoms with Gasteiger partial charge in [-0.1, -0.05) is 48.0 Å². The van der Waals surface area contributed by atoms with Crippen molar-refractivity contribution in [3.05, 3.63) is 107 Å². The molecule has 1 aromatic heterocycles. The Balaban J connectivity index is 1.21. The molecule has 0 atom stereocenters. The molecule has 0 amide bonds. The molecule has 36 heavy (non-hydrogen) atoms. The molecule has 0 spiro atoms. The van der Waals surface area contributed by atoms with Gasteiger partial charge in [-0.05, 0) is 60.5 Å². The number of hydrogen-bond donors (Lipinski definition) is 0. The Labute approximate surface area is 207 Å². The van der Waals surface area contributed by atoms with E-state index in [9.17, 15) is 9.59 Å². The van der Waals surface area contributed by atoms with Crippen LogP contribution in [-0.4, -0.2) is 12.6 Å². The zero-order valence-electron chi connectivity index (χ0n) is 19.7. The van der Waals surface area contributed by atoms with Gasteiger partial charge in [0.2, 0.25) is 11.2 Å². The maximum atomic E-state index is 12.9. The third-order valence-corrected chi connectivity index (χ3v) is 5.71. The lowest BCUT2D eigenvalue weighted by molar-refractivity contribution is -0.134. The van der Waals surface area contributed by atoms with Gasteiger partial charge < -0.3 is 18.6 Å². The van der Waals surface area contributed by atoms with Gasteiger partial charge in [0.25, 0.3) is 0 Å². The summed E-state index contributed by atoms with van der Waals surface area (Å²) in [4.78, 5) is 25.2. The number of fused-ring (bicyclic) bond motifs is 2. The van der Waals surface area contributed by atoms with E-state index in [0.717, 1.165) is 22.1 Å². The Morgan fingerprint density at radius 1 is 0.833 bits per heavy atom. The normalized spacial score (nSPS) is 10.9. The first kappa shape index (κ1) is 23.2. The van der Waals surface area contributed by atoms with Gasteiger partial charge in [-0.25, -0.2) is 0 Å². The van der Waals surface area contributed by atoms with Crippen LogP contribution in [0.15, 0.2) is 100 Å². The molecule has 0 radical (unpaired) electrons. The topological polar surface area (TPSA) is 75.0 Å². The summed E-state index contributed by atoms with van der Waals surface area (Å²) in [5.41, 5.74) is 1.15. The van der Waals surface area contributed by atoms with Crippen molar-refractivity contribution in [3.63, 3.8) is 0 Å². The fraction of sp³-hybridized carbons (Fsp3) is 0.133. The third kappa shape index (κ3) is 5.39. The molecule has 0 fully saturated rings. The number of ether oxygens (including phenoxy) is 3. The van der Waals surface area contributed by atoms with Crippen LogP contribution in [-0.2, 0) is 4.79 Å². The van der Waals surface area contributed by atoms with Gasteiger partial charge in [0.1, 0.15) is 29.1 Å². The van der Waals surface area contributed by atoms with Gasteiger partial charge >= 0.3 is 5.97 Å². The van der Waals surface area contributed by atoms with Crippen LogP contribution in [0.5, 0.6) is 23.0 Å². The first-order valence-electron chi connectivity index (χ1n) is 11.7. The molecule has 0 saturated heterocycles. The van der Waals surface area contributed by atoms with Crippen molar-refractivity contribution in [2.45, 2.75) is 19.8 Å². The second-order valence-electron chi connectivity index (χ2n) is 8.44. The summed E-state index contributed by atoms with van der Waals surface area (Å²) in [7, 11) is 0. The number of hydrogen-bond acceptors (Lipinski definition) is 6. The van der Waals surface area contributed by atoms with Crippen LogP contribution >= 0.6 is 0 Å². The second kappa shape index (κ2) is 10.4. The smallest absolute Gasteiger partial charge is 0.311 e. The minimum atomic E-state index is -0.388. The molecule has 0 saturated carbocycles. The highest BCUT2D eigenvalue weighted by molar-refractivity contribution is 5.84. The minimum Gasteiger partial charge on any atom is -0.494 e. The number of carbonyl (C=O) groups excluding carboxylic acids is 1. The third-order valence-electron chi connectivity index (χ3n) is 5.71. The molecule has 4 aromatic carbocycles. The fourth-order valence-corrected chi connectivity index (χ4v) is 3.81. The first-order valence-corrected chi connectivity index (χ1v) is 11.7. The maximum Gasteiger partial charge on any atom is 0.311 e. The van der Waals surface area contributed by atoms with Crippen LogP contribution < -0.4 is 19.6 Å². The molecule has 0 aliphatic rings. The number of aryl methyl sites for hydroxylation is 1. The Kier molecular flexibility index (Phi) is 6.67. The van der Waals surface area contributed by atoms with Gasteiger partial charge in [0.15, 0.2) is 0 Å². The maximum absolute atomic E-state index is 12.9. The average molecular weight is 481 g/mol. The van der Waals surface area contributed by atoms with Crippen molar-refractivity contribution >= 4 is 27.7 Å². The van der Waals surface area contributed by atoms with Crippen LogP contribution in [0.4, 0.5) is 0 Å². The molecule has 180 valence electrons. The fourth-order valence-electron chi connectivity index (χ4n) is 3.81. The molecule has 0 bridgehead atoms. The van der Waals surface area contributed by atoms with Crippen molar-refractivity contribution in [1.29, 1.82) is 0 Å². The standard InChI is InChI=1S/C30H24O6/c1-20-8-11-23(12-9-20)33-16-4-7-29(31)36-25-14-15-26-27(18-25)34-19-28(30(26)32)35-24-13-10-21-5-2-3-6-22(21)17-24/h2-3,5-6,8-15,17-19H,4,7,16H2,1H3. The van der Waals surface area contributed by atoms with Crippen LogP contribution in [0, 0.1) is 6.92 Å². The van der Waals surface area contributed by atoms with Crippen LogP contribution in [0.25, 0.3) is 21.7 Å². The number of esters is 1. The molecule has 0 aliphatic heterocycles. The molecule has 0 aliphatic carbocycles. The van der Waals surface area contributed by atoms with Crippen molar-refractivity contribution < 1.29 is 23.4 Å².